The summed E-state index contributed by atoms with van der Waals surface area (Å²) in [6.45, 7) is 8.42. The number of rotatable bonds is 5. The fraction of sp³-hybridized carbons (Fsp3) is 0.520. The number of piperidine rings is 1. The van der Waals surface area contributed by atoms with Crippen LogP contribution in [0.3, 0.4) is 0 Å². The Morgan fingerprint density at radius 2 is 1.91 bits per heavy atom. The van der Waals surface area contributed by atoms with Crippen molar-refractivity contribution in [3.8, 4) is 0 Å². The summed E-state index contributed by atoms with van der Waals surface area (Å²) in [4.78, 5) is 14.0. The fourth-order valence-corrected chi connectivity index (χ4v) is 4.91. The van der Waals surface area contributed by atoms with Crippen LogP contribution >= 0.6 is 24.0 Å². The van der Waals surface area contributed by atoms with Crippen molar-refractivity contribution in [2.45, 2.75) is 32.2 Å². The third-order valence-corrected chi connectivity index (χ3v) is 6.61. The van der Waals surface area contributed by atoms with Crippen LogP contribution in [-0.2, 0) is 11.3 Å². The van der Waals surface area contributed by atoms with Gasteiger partial charge in [-0.25, -0.2) is 4.98 Å². The molecule has 0 bridgehead atoms. The summed E-state index contributed by atoms with van der Waals surface area (Å²) in [6, 6.07) is 15.2. The number of hydrogen-bond acceptors (Lipinski definition) is 4. The second-order valence-corrected chi connectivity index (χ2v) is 8.41. The average Bonchev–Trinajstić information content (AvgIpc) is 2.85. The van der Waals surface area contributed by atoms with Crippen molar-refractivity contribution in [2.75, 3.05) is 51.3 Å². The van der Waals surface area contributed by atoms with E-state index < -0.39 is 0 Å². The van der Waals surface area contributed by atoms with Crippen molar-refractivity contribution in [3.63, 3.8) is 0 Å². The van der Waals surface area contributed by atoms with E-state index in [0.29, 0.717) is 11.8 Å². The number of nitrogens with one attached hydrogen (secondary N) is 1. The lowest BCUT2D eigenvalue weighted by atomic mass is 9.79. The van der Waals surface area contributed by atoms with Crippen molar-refractivity contribution in [1.82, 2.24) is 15.2 Å². The number of aliphatic imine (C=N–C) groups is 1. The number of hydrogen-bond donors (Lipinski definition) is 1. The zero-order valence-corrected chi connectivity index (χ0v) is 21.6. The standard InChI is InChI=1S/C25H35N5O.HI/c1-3-20-19-30(13-11-23(20)21-8-5-4-6-9-21)25(26-2)28-18-22-10-7-12-27-24(22)29-14-16-31-17-15-29;/h4-10,12,20,23H,3,11,13-19H2,1-2H3,(H,26,28);1H. The molecule has 1 aromatic heterocycles. The Morgan fingerprint density at radius 3 is 2.62 bits per heavy atom. The fourth-order valence-electron chi connectivity index (χ4n) is 4.91. The molecule has 4 rings (SSSR count). The normalized spacial score (nSPS) is 21.8. The van der Waals surface area contributed by atoms with E-state index in [9.17, 15) is 0 Å². The number of halogens is 1. The van der Waals surface area contributed by atoms with Crippen molar-refractivity contribution >= 4 is 35.8 Å². The lowest BCUT2D eigenvalue weighted by Crippen LogP contribution is -2.48. The summed E-state index contributed by atoms with van der Waals surface area (Å²) in [7, 11) is 1.89. The molecule has 1 N–H and O–H groups in total. The molecule has 0 amide bonds. The van der Waals surface area contributed by atoms with E-state index in [0.717, 1.165) is 64.1 Å². The summed E-state index contributed by atoms with van der Waals surface area (Å²) < 4.78 is 5.51. The molecule has 2 aliphatic rings. The van der Waals surface area contributed by atoms with Crippen LogP contribution in [0, 0.1) is 5.92 Å². The van der Waals surface area contributed by atoms with Crippen molar-refractivity contribution < 1.29 is 4.74 Å². The molecular formula is C25H36IN5O. The maximum Gasteiger partial charge on any atom is 0.193 e. The number of ether oxygens (including phenoxy) is 1. The third-order valence-electron chi connectivity index (χ3n) is 6.61. The first-order chi connectivity index (χ1) is 15.3. The maximum absolute atomic E-state index is 5.51. The van der Waals surface area contributed by atoms with Gasteiger partial charge >= 0.3 is 0 Å². The van der Waals surface area contributed by atoms with Crippen LogP contribution in [0.25, 0.3) is 0 Å². The Kier molecular flexibility index (Phi) is 9.59. The van der Waals surface area contributed by atoms with Gasteiger partial charge in [-0.2, -0.15) is 0 Å². The number of likely N-dealkylation sites (tertiary alicyclic amines) is 1. The minimum atomic E-state index is 0. The van der Waals surface area contributed by atoms with Gasteiger partial charge in [0.25, 0.3) is 0 Å². The van der Waals surface area contributed by atoms with Crippen LogP contribution in [0.4, 0.5) is 5.82 Å². The molecule has 32 heavy (non-hydrogen) atoms. The lowest BCUT2D eigenvalue weighted by molar-refractivity contribution is 0.122. The molecule has 0 saturated carbocycles. The van der Waals surface area contributed by atoms with E-state index in [1.807, 2.05) is 19.3 Å². The average molecular weight is 550 g/mol. The number of aromatic nitrogens is 1. The quantitative estimate of drug-likeness (QED) is 0.346. The van der Waals surface area contributed by atoms with Gasteiger partial charge in [-0.1, -0.05) is 49.7 Å². The second-order valence-electron chi connectivity index (χ2n) is 8.41. The van der Waals surface area contributed by atoms with Gasteiger partial charge in [-0.3, -0.25) is 4.99 Å². The highest BCUT2D eigenvalue weighted by molar-refractivity contribution is 14.0. The van der Waals surface area contributed by atoms with E-state index >= 15 is 0 Å². The van der Waals surface area contributed by atoms with E-state index in [4.69, 9.17) is 4.74 Å². The van der Waals surface area contributed by atoms with Crippen LogP contribution in [0.5, 0.6) is 0 Å². The minimum Gasteiger partial charge on any atom is -0.378 e. The van der Waals surface area contributed by atoms with Crippen molar-refractivity contribution in [1.29, 1.82) is 0 Å². The summed E-state index contributed by atoms with van der Waals surface area (Å²) >= 11 is 0. The van der Waals surface area contributed by atoms with Crippen LogP contribution in [0.15, 0.2) is 53.7 Å². The molecule has 2 saturated heterocycles. The van der Waals surface area contributed by atoms with Gasteiger partial charge in [0, 0.05) is 51.5 Å². The zero-order chi connectivity index (χ0) is 21.5. The molecule has 2 aliphatic heterocycles. The molecule has 0 spiro atoms. The van der Waals surface area contributed by atoms with Gasteiger partial charge in [0.1, 0.15) is 5.82 Å². The highest BCUT2D eigenvalue weighted by Crippen LogP contribution is 2.34. The van der Waals surface area contributed by atoms with Crippen LogP contribution < -0.4 is 10.2 Å². The van der Waals surface area contributed by atoms with Crippen LogP contribution in [0.2, 0.25) is 0 Å². The highest BCUT2D eigenvalue weighted by Gasteiger charge is 2.30. The summed E-state index contributed by atoms with van der Waals surface area (Å²) in [5.41, 5.74) is 2.68. The van der Waals surface area contributed by atoms with Crippen LogP contribution in [-0.4, -0.2) is 62.3 Å². The summed E-state index contributed by atoms with van der Waals surface area (Å²) in [5.74, 6) is 3.31. The Bertz CT molecular complexity index is 856. The molecule has 0 radical (unpaired) electrons. The van der Waals surface area contributed by atoms with Gasteiger partial charge in [0.05, 0.1) is 13.2 Å². The predicted octanol–water partition coefficient (Wildman–Crippen LogP) is 4.13. The largest absolute Gasteiger partial charge is 0.378 e. The van der Waals surface area contributed by atoms with Crippen molar-refractivity contribution in [3.05, 3.63) is 59.8 Å². The number of benzene rings is 1. The SMILES string of the molecule is CCC1CN(C(=NC)NCc2cccnc2N2CCOCC2)CCC1c1ccccc1.I. The molecule has 2 unspecified atom stereocenters. The number of anilines is 1. The lowest BCUT2D eigenvalue weighted by Gasteiger charge is -2.40. The van der Waals surface area contributed by atoms with E-state index in [1.165, 1.54) is 17.5 Å². The van der Waals surface area contributed by atoms with Gasteiger partial charge < -0.3 is 19.9 Å². The first-order valence-electron chi connectivity index (χ1n) is 11.6. The van der Waals surface area contributed by atoms with Gasteiger partial charge in [-0.15, -0.1) is 24.0 Å². The first kappa shape index (κ1) is 24.8. The highest BCUT2D eigenvalue weighted by atomic mass is 127. The van der Waals surface area contributed by atoms with E-state index in [2.05, 4.69) is 68.4 Å². The molecule has 1 aromatic carbocycles. The van der Waals surface area contributed by atoms with Gasteiger partial charge in [0.15, 0.2) is 5.96 Å². The maximum atomic E-state index is 5.51. The van der Waals surface area contributed by atoms with Gasteiger partial charge in [-0.05, 0) is 29.9 Å². The van der Waals surface area contributed by atoms with E-state index in [-0.39, 0.29) is 24.0 Å². The smallest absolute Gasteiger partial charge is 0.193 e. The Labute approximate surface area is 209 Å². The summed E-state index contributed by atoms with van der Waals surface area (Å²) in [6.07, 6.45) is 4.22. The molecule has 2 aromatic rings. The van der Waals surface area contributed by atoms with Gasteiger partial charge in [0.2, 0.25) is 0 Å². The Hall–Kier alpha value is -1.87. The third kappa shape index (κ3) is 5.92. The Morgan fingerprint density at radius 1 is 1.12 bits per heavy atom. The second kappa shape index (κ2) is 12.4. The van der Waals surface area contributed by atoms with Crippen LogP contribution in [0.1, 0.15) is 36.8 Å². The molecule has 174 valence electrons. The molecule has 7 heteroatoms. The predicted molar refractivity (Wildman–Crippen MR) is 142 cm³/mol. The number of guanidine groups is 1. The topological polar surface area (TPSA) is 53.0 Å². The van der Waals surface area contributed by atoms with E-state index in [1.54, 1.807) is 0 Å². The molecule has 6 nitrogen and oxygen atoms in total. The summed E-state index contributed by atoms with van der Waals surface area (Å²) in [5, 5.41) is 3.61. The molecular weight excluding hydrogens is 513 g/mol. The monoisotopic (exact) mass is 549 g/mol. The molecule has 3 heterocycles. The Balaban J connectivity index is 0.00000289. The minimum absolute atomic E-state index is 0. The zero-order valence-electron chi connectivity index (χ0n) is 19.2. The molecule has 0 aliphatic carbocycles. The molecule has 2 fully saturated rings. The number of pyridine rings is 1. The first-order valence-corrected chi connectivity index (χ1v) is 11.6. The number of nitrogens with zero attached hydrogens (tertiary/aromatic N) is 4. The molecule has 2 atom stereocenters. The van der Waals surface area contributed by atoms with Crippen molar-refractivity contribution in [2.24, 2.45) is 10.9 Å². The number of morpholine rings is 1.